The van der Waals surface area contributed by atoms with Crippen molar-refractivity contribution in [1.82, 2.24) is 20.7 Å². The summed E-state index contributed by atoms with van der Waals surface area (Å²) in [5, 5.41) is 33.6. The van der Waals surface area contributed by atoms with Crippen LogP contribution in [0.4, 0.5) is 0 Å². The maximum atomic E-state index is 12.3. The van der Waals surface area contributed by atoms with Gasteiger partial charge in [-0.05, 0) is 12.8 Å². The predicted molar refractivity (Wildman–Crippen MR) is 92.3 cm³/mol. The normalized spacial score (nSPS) is 19.3. The molecule has 4 rings (SSSR count). The average molecular weight is 372 g/mol. The molecule has 0 atom stereocenters. The van der Waals surface area contributed by atoms with Crippen molar-refractivity contribution in [2.24, 2.45) is 0 Å². The Kier molecular flexibility index (Phi) is 4.49. The molecule has 1 aliphatic carbocycles. The summed E-state index contributed by atoms with van der Waals surface area (Å²) in [5.41, 5.74) is 1.11. The molecular formula is C17H16N4O4S. The van der Waals surface area contributed by atoms with Gasteiger partial charge in [0.1, 0.15) is 5.01 Å². The van der Waals surface area contributed by atoms with E-state index in [0.29, 0.717) is 5.76 Å². The largest absolute Gasteiger partial charge is 0.362 e. The third-order valence-corrected chi connectivity index (χ3v) is 5.43. The minimum absolute atomic E-state index is 0.0239. The third kappa shape index (κ3) is 3.36. The molecular weight excluding hydrogens is 356 g/mol. The number of amides is 1. The Balaban J connectivity index is 1.33. The summed E-state index contributed by atoms with van der Waals surface area (Å²) in [5.74, 6) is 0.441. The number of aliphatic hydroxyl groups is 2. The van der Waals surface area contributed by atoms with Crippen LogP contribution in [0.5, 0.6) is 0 Å². The Labute approximate surface area is 152 Å². The minimum atomic E-state index is -1.59. The van der Waals surface area contributed by atoms with Crippen LogP contribution in [0.25, 0.3) is 11.3 Å². The summed E-state index contributed by atoms with van der Waals surface area (Å²) in [6, 6.07) is 11.1. The number of hydrogen-bond acceptors (Lipinski definition) is 8. The molecule has 0 aliphatic heterocycles. The van der Waals surface area contributed by atoms with Crippen molar-refractivity contribution in [3.8, 4) is 11.3 Å². The van der Waals surface area contributed by atoms with E-state index in [-0.39, 0.29) is 28.6 Å². The van der Waals surface area contributed by atoms with Gasteiger partial charge in [0.2, 0.25) is 6.29 Å². The van der Waals surface area contributed by atoms with Gasteiger partial charge in [-0.15, -0.1) is 10.2 Å². The Hall–Kier alpha value is -2.62. The Bertz CT molecular complexity index is 902. The predicted octanol–water partition coefficient (Wildman–Crippen LogP) is 1.85. The first-order valence-corrected chi connectivity index (χ1v) is 8.94. The zero-order valence-corrected chi connectivity index (χ0v) is 14.4. The summed E-state index contributed by atoms with van der Waals surface area (Å²) in [6.07, 6.45) is -0.140. The Morgan fingerprint density at radius 3 is 2.69 bits per heavy atom. The molecule has 0 saturated heterocycles. The fourth-order valence-electron chi connectivity index (χ4n) is 2.83. The topological polar surface area (TPSA) is 121 Å². The van der Waals surface area contributed by atoms with Gasteiger partial charge in [-0.3, -0.25) is 4.79 Å². The molecule has 1 saturated carbocycles. The van der Waals surface area contributed by atoms with Crippen molar-refractivity contribution < 1.29 is 19.5 Å². The van der Waals surface area contributed by atoms with Crippen molar-refractivity contribution in [2.75, 3.05) is 0 Å². The molecule has 1 fully saturated rings. The van der Waals surface area contributed by atoms with E-state index in [4.69, 9.17) is 14.7 Å². The molecule has 1 amide bonds. The van der Waals surface area contributed by atoms with E-state index >= 15 is 0 Å². The lowest BCUT2D eigenvalue weighted by atomic mass is 9.80. The molecule has 1 aromatic carbocycles. The number of aromatic nitrogens is 3. The molecule has 9 heteroatoms. The summed E-state index contributed by atoms with van der Waals surface area (Å²) in [4.78, 5) is 12.3. The summed E-state index contributed by atoms with van der Waals surface area (Å²) >= 11 is 1.18. The van der Waals surface area contributed by atoms with Gasteiger partial charge in [-0.1, -0.05) is 46.8 Å². The lowest BCUT2D eigenvalue weighted by Crippen LogP contribution is -2.43. The lowest BCUT2D eigenvalue weighted by Gasteiger charge is -2.33. The van der Waals surface area contributed by atoms with Crippen LogP contribution in [0.15, 0.2) is 40.9 Å². The highest BCUT2D eigenvalue weighted by Crippen LogP contribution is 2.38. The van der Waals surface area contributed by atoms with Crippen LogP contribution in [0.2, 0.25) is 0 Å². The van der Waals surface area contributed by atoms with Crippen molar-refractivity contribution in [3.63, 3.8) is 0 Å². The standard InChI is InChI=1S/C17H16N4O4S/c22-14(12-8-13(25-21-12)9-4-2-1-3-5-9)18-11-6-10(7-11)15-19-20-16(26-15)17(23)24/h1-5,8,10-11,17,23-24H,6-7H2,(H,18,22). The SMILES string of the molecule is O=C(NC1CC(c2nnc(C(O)O)s2)C1)c1cc(-c2ccccc2)on1. The zero-order valence-electron chi connectivity index (χ0n) is 13.6. The quantitative estimate of drug-likeness (QED) is 0.584. The first-order valence-electron chi connectivity index (χ1n) is 8.12. The van der Waals surface area contributed by atoms with E-state index < -0.39 is 6.29 Å². The zero-order chi connectivity index (χ0) is 18.1. The molecule has 3 N–H and O–H groups in total. The van der Waals surface area contributed by atoms with Crippen molar-refractivity contribution in [2.45, 2.75) is 31.1 Å². The van der Waals surface area contributed by atoms with Crippen LogP contribution in [0, 0.1) is 0 Å². The molecule has 1 aliphatic rings. The summed E-state index contributed by atoms with van der Waals surface area (Å²) < 4.78 is 5.25. The fraction of sp³-hybridized carbons (Fsp3) is 0.294. The first-order chi connectivity index (χ1) is 12.6. The number of carbonyl (C=O) groups is 1. The van der Waals surface area contributed by atoms with E-state index in [9.17, 15) is 4.79 Å². The molecule has 2 aromatic heterocycles. The van der Waals surface area contributed by atoms with Crippen LogP contribution in [-0.4, -0.2) is 37.5 Å². The van der Waals surface area contributed by atoms with Gasteiger partial charge >= 0.3 is 0 Å². The van der Waals surface area contributed by atoms with E-state index in [0.717, 1.165) is 23.4 Å². The minimum Gasteiger partial charge on any atom is -0.362 e. The van der Waals surface area contributed by atoms with Gasteiger partial charge in [0, 0.05) is 23.6 Å². The smallest absolute Gasteiger partial charge is 0.273 e. The van der Waals surface area contributed by atoms with Crippen molar-refractivity contribution in [3.05, 3.63) is 52.1 Å². The average Bonchev–Trinajstić information content (AvgIpc) is 3.28. The number of rotatable bonds is 5. The maximum absolute atomic E-state index is 12.3. The van der Waals surface area contributed by atoms with Crippen LogP contribution < -0.4 is 5.32 Å². The molecule has 3 aromatic rings. The summed E-state index contributed by atoms with van der Waals surface area (Å²) in [6.45, 7) is 0. The Morgan fingerprint density at radius 1 is 1.23 bits per heavy atom. The number of carbonyl (C=O) groups excluding carboxylic acids is 1. The second-order valence-electron chi connectivity index (χ2n) is 6.13. The number of benzene rings is 1. The third-order valence-electron chi connectivity index (χ3n) is 4.30. The molecule has 0 bridgehead atoms. The van der Waals surface area contributed by atoms with Crippen LogP contribution in [0.3, 0.4) is 0 Å². The Morgan fingerprint density at radius 2 is 2.00 bits per heavy atom. The van der Waals surface area contributed by atoms with Gasteiger partial charge in [-0.2, -0.15) is 0 Å². The molecule has 8 nitrogen and oxygen atoms in total. The van der Waals surface area contributed by atoms with E-state index in [1.165, 1.54) is 11.3 Å². The molecule has 0 unspecified atom stereocenters. The van der Waals surface area contributed by atoms with Crippen molar-refractivity contribution >= 4 is 17.2 Å². The highest BCUT2D eigenvalue weighted by molar-refractivity contribution is 7.11. The molecule has 2 heterocycles. The second kappa shape index (κ2) is 6.94. The number of aliphatic hydroxyl groups excluding tert-OH is 1. The highest BCUT2D eigenvalue weighted by Gasteiger charge is 2.34. The van der Waals surface area contributed by atoms with E-state index in [2.05, 4.69) is 20.7 Å². The monoisotopic (exact) mass is 372 g/mol. The number of nitrogens with zero attached hydrogens (tertiary/aromatic N) is 3. The van der Waals surface area contributed by atoms with Crippen molar-refractivity contribution in [1.29, 1.82) is 0 Å². The molecule has 134 valence electrons. The van der Waals surface area contributed by atoms with Gasteiger partial charge in [0.05, 0.1) is 0 Å². The lowest BCUT2D eigenvalue weighted by molar-refractivity contribution is -0.0430. The molecule has 26 heavy (non-hydrogen) atoms. The summed E-state index contributed by atoms with van der Waals surface area (Å²) in [7, 11) is 0. The molecule has 0 spiro atoms. The van der Waals surface area contributed by atoms with Gasteiger partial charge in [0.25, 0.3) is 5.91 Å². The van der Waals surface area contributed by atoms with Gasteiger partial charge in [-0.25, -0.2) is 0 Å². The fourth-order valence-corrected chi connectivity index (χ4v) is 3.68. The van der Waals surface area contributed by atoms with Gasteiger partial charge in [0.15, 0.2) is 16.5 Å². The second-order valence-corrected chi connectivity index (χ2v) is 7.17. The number of hydrogen-bond donors (Lipinski definition) is 3. The van der Waals surface area contributed by atoms with Crippen LogP contribution >= 0.6 is 11.3 Å². The van der Waals surface area contributed by atoms with Crippen LogP contribution in [0.1, 0.15) is 45.6 Å². The van der Waals surface area contributed by atoms with Gasteiger partial charge < -0.3 is 20.1 Å². The van der Waals surface area contributed by atoms with E-state index in [1.54, 1.807) is 6.07 Å². The highest BCUT2D eigenvalue weighted by atomic mass is 32.1. The maximum Gasteiger partial charge on any atom is 0.273 e. The first kappa shape index (κ1) is 16.8. The molecule has 0 radical (unpaired) electrons. The number of nitrogens with one attached hydrogen (secondary N) is 1. The van der Waals surface area contributed by atoms with E-state index in [1.807, 2.05) is 30.3 Å². The van der Waals surface area contributed by atoms with Crippen LogP contribution in [-0.2, 0) is 0 Å².